The van der Waals surface area contributed by atoms with Crippen molar-refractivity contribution in [1.29, 1.82) is 0 Å². The number of Topliss-reactive ketones (excluding diaryl/α,β-unsaturated/α-hetero) is 1. The number of sulfonamides is 1. The molecule has 1 aliphatic carbocycles. The van der Waals surface area contributed by atoms with Crippen molar-refractivity contribution in [2.24, 2.45) is 0 Å². The third-order valence-corrected chi connectivity index (χ3v) is 8.26. The van der Waals surface area contributed by atoms with E-state index in [1.807, 2.05) is 24.8 Å². The molecule has 0 N–H and O–H groups in total. The molecule has 2 heterocycles. The van der Waals surface area contributed by atoms with Gasteiger partial charge < -0.3 is 14.2 Å². The summed E-state index contributed by atoms with van der Waals surface area (Å²) in [6.45, 7) is 5.07. The Morgan fingerprint density at radius 1 is 1.06 bits per heavy atom. The van der Waals surface area contributed by atoms with Crippen LogP contribution in [-0.2, 0) is 14.8 Å². The van der Waals surface area contributed by atoms with Crippen molar-refractivity contribution >= 4 is 27.5 Å². The zero-order valence-electron chi connectivity index (χ0n) is 19.6. The third kappa shape index (κ3) is 4.56. The number of anilines is 1. The summed E-state index contributed by atoms with van der Waals surface area (Å²) in [5.74, 6) is -0.958. The van der Waals surface area contributed by atoms with Gasteiger partial charge in [-0.25, -0.2) is 17.5 Å². The van der Waals surface area contributed by atoms with Crippen LogP contribution in [0.5, 0.6) is 0 Å². The van der Waals surface area contributed by atoms with Crippen molar-refractivity contribution < 1.29 is 22.7 Å². The summed E-state index contributed by atoms with van der Waals surface area (Å²) >= 11 is 0. The normalized spacial score (nSPS) is 16.5. The first-order valence-corrected chi connectivity index (χ1v) is 12.8. The number of rotatable bonds is 8. The first-order chi connectivity index (χ1) is 15.6. The Bertz CT molecular complexity index is 1190. The average molecular weight is 474 g/mol. The Kier molecular flexibility index (Phi) is 6.37. The van der Waals surface area contributed by atoms with Crippen molar-refractivity contribution in [2.75, 3.05) is 38.7 Å². The van der Waals surface area contributed by atoms with E-state index in [1.165, 1.54) is 26.2 Å². The molecule has 1 aliphatic heterocycles. The van der Waals surface area contributed by atoms with Gasteiger partial charge in [0, 0.05) is 50.2 Å². The van der Waals surface area contributed by atoms with Gasteiger partial charge in [0.15, 0.2) is 6.61 Å². The summed E-state index contributed by atoms with van der Waals surface area (Å²) in [5, 5.41) is 0. The van der Waals surface area contributed by atoms with Gasteiger partial charge in [0.1, 0.15) is 0 Å². The van der Waals surface area contributed by atoms with Gasteiger partial charge in [0.25, 0.3) is 0 Å². The lowest BCUT2D eigenvalue weighted by Crippen LogP contribution is -2.25. The Labute approximate surface area is 195 Å². The van der Waals surface area contributed by atoms with E-state index in [1.54, 1.807) is 6.07 Å². The average Bonchev–Trinajstić information content (AvgIpc) is 3.35. The molecule has 178 valence electrons. The summed E-state index contributed by atoms with van der Waals surface area (Å²) in [7, 11) is -0.834. The Balaban J connectivity index is 1.57. The third-order valence-electron chi connectivity index (χ3n) is 6.44. The van der Waals surface area contributed by atoms with E-state index in [4.69, 9.17) is 4.74 Å². The second-order valence-corrected chi connectivity index (χ2v) is 11.2. The molecule has 0 atom stereocenters. The molecular formula is C24H31N3O5S. The molecule has 1 aromatic carbocycles. The van der Waals surface area contributed by atoms with Crippen LogP contribution in [0.15, 0.2) is 29.2 Å². The lowest BCUT2D eigenvalue weighted by Gasteiger charge is -2.22. The molecule has 1 saturated heterocycles. The number of hydrogen-bond donors (Lipinski definition) is 0. The monoisotopic (exact) mass is 473 g/mol. The van der Waals surface area contributed by atoms with Crippen molar-refractivity contribution in [3.63, 3.8) is 0 Å². The van der Waals surface area contributed by atoms with Gasteiger partial charge >= 0.3 is 5.97 Å². The minimum Gasteiger partial charge on any atom is -0.454 e. The smallest absolute Gasteiger partial charge is 0.340 e. The highest BCUT2D eigenvalue weighted by atomic mass is 32.2. The zero-order valence-corrected chi connectivity index (χ0v) is 20.4. The summed E-state index contributed by atoms with van der Waals surface area (Å²) < 4.78 is 34.0. The van der Waals surface area contributed by atoms with E-state index in [9.17, 15) is 18.0 Å². The number of aromatic nitrogens is 1. The number of ketones is 1. The number of ether oxygens (including phenoxy) is 1. The quantitative estimate of drug-likeness (QED) is 0.432. The maximum Gasteiger partial charge on any atom is 0.340 e. The number of hydrogen-bond acceptors (Lipinski definition) is 6. The molecule has 2 aromatic rings. The van der Waals surface area contributed by atoms with Crippen molar-refractivity contribution in [3.8, 4) is 0 Å². The molecule has 0 bridgehead atoms. The molecule has 0 radical (unpaired) electrons. The van der Waals surface area contributed by atoms with Crippen molar-refractivity contribution in [1.82, 2.24) is 8.87 Å². The van der Waals surface area contributed by atoms with Crippen LogP contribution in [0.1, 0.15) is 63.8 Å². The van der Waals surface area contributed by atoms with Crippen LogP contribution < -0.4 is 4.90 Å². The van der Waals surface area contributed by atoms with Crippen LogP contribution in [0.3, 0.4) is 0 Å². The first-order valence-electron chi connectivity index (χ1n) is 11.3. The van der Waals surface area contributed by atoms with Crippen LogP contribution >= 0.6 is 0 Å². The van der Waals surface area contributed by atoms with Gasteiger partial charge in [-0.15, -0.1) is 0 Å². The van der Waals surface area contributed by atoms with Crippen LogP contribution in [0.4, 0.5) is 5.69 Å². The molecule has 1 aromatic heterocycles. The summed E-state index contributed by atoms with van der Waals surface area (Å²) in [5.41, 5.74) is 3.29. The second-order valence-electron chi connectivity index (χ2n) is 9.05. The Morgan fingerprint density at radius 3 is 2.33 bits per heavy atom. The molecule has 4 rings (SSSR count). The molecule has 0 unspecified atom stereocenters. The topological polar surface area (TPSA) is 88.9 Å². The molecule has 0 amide bonds. The van der Waals surface area contributed by atoms with E-state index in [0.717, 1.165) is 54.5 Å². The molecular weight excluding hydrogens is 442 g/mol. The van der Waals surface area contributed by atoms with Crippen LogP contribution in [0.25, 0.3) is 0 Å². The number of nitrogens with zero attached hydrogens (tertiary/aromatic N) is 3. The van der Waals surface area contributed by atoms with Gasteiger partial charge in [-0.05, 0) is 63.8 Å². The van der Waals surface area contributed by atoms with E-state index in [-0.39, 0.29) is 16.2 Å². The van der Waals surface area contributed by atoms with Gasteiger partial charge in [-0.2, -0.15) is 0 Å². The van der Waals surface area contributed by atoms with Crippen molar-refractivity contribution in [2.45, 2.75) is 50.5 Å². The van der Waals surface area contributed by atoms with Gasteiger partial charge in [-0.3, -0.25) is 4.79 Å². The lowest BCUT2D eigenvalue weighted by atomic mass is 10.1. The fourth-order valence-electron chi connectivity index (χ4n) is 4.52. The number of carbonyl (C=O) groups is 2. The molecule has 9 heteroatoms. The standard InChI is InChI=1S/C24H31N3O5S/c1-16-13-20(17(2)27(16)18-7-8-18)23(28)15-32-24(29)21-14-19(33(30,31)25(3)4)9-10-22(21)26-11-5-6-12-26/h9-10,13-14,18H,5-8,11-12,15H2,1-4H3. The number of carbonyl (C=O) groups excluding carboxylic acids is 2. The molecule has 0 spiro atoms. The molecule has 2 fully saturated rings. The molecule has 33 heavy (non-hydrogen) atoms. The maximum absolute atomic E-state index is 13.1. The van der Waals surface area contributed by atoms with Gasteiger partial charge in [0.2, 0.25) is 15.8 Å². The van der Waals surface area contributed by atoms with E-state index in [0.29, 0.717) is 17.3 Å². The van der Waals surface area contributed by atoms with Crippen molar-refractivity contribution in [3.05, 3.63) is 46.8 Å². The maximum atomic E-state index is 13.1. The fourth-order valence-corrected chi connectivity index (χ4v) is 5.45. The van der Waals surface area contributed by atoms with Gasteiger partial charge in [-0.1, -0.05) is 0 Å². The second kappa shape index (κ2) is 8.95. The summed E-state index contributed by atoms with van der Waals surface area (Å²) in [4.78, 5) is 28.0. The highest BCUT2D eigenvalue weighted by Crippen LogP contribution is 2.38. The predicted octanol–water partition coefficient (Wildman–Crippen LogP) is 3.33. The van der Waals surface area contributed by atoms with Crippen LogP contribution in [0.2, 0.25) is 0 Å². The van der Waals surface area contributed by atoms with E-state index < -0.39 is 22.6 Å². The predicted molar refractivity (Wildman–Crippen MR) is 126 cm³/mol. The number of benzene rings is 1. The van der Waals surface area contributed by atoms with E-state index in [2.05, 4.69) is 4.57 Å². The minimum atomic E-state index is -3.72. The molecule has 1 saturated carbocycles. The summed E-state index contributed by atoms with van der Waals surface area (Å²) in [6, 6.07) is 6.83. The zero-order chi connectivity index (χ0) is 23.9. The largest absolute Gasteiger partial charge is 0.454 e. The fraction of sp³-hybridized carbons (Fsp3) is 0.500. The number of esters is 1. The summed E-state index contributed by atoms with van der Waals surface area (Å²) in [6.07, 6.45) is 4.23. The molecule has 8 nitrogen and oxygen atoms in total. The Morgan fingerprint density at radius 2 is 1.73 bits per heavy atom. The SMILES string of the molecule is Cc1cc(C(=O)COC(=O)c2cc(S(=O)(=O)N(C)C)ccc2N2CCCC2)c(C)n1C1CC1. The van der Waals surface area contributed by atoms with Crippen LogP contribution in [-0.4, -0.2) is 62.8 Å². The minimum absolute atomic E-state index is 0.0155. The first kappa shape index (κ1) is 23.5. The van der Waals surface area contributed by atoms with E-state index >= 15 is 0 Å². The highest BCUT2D eigenvalue weighted by molar-refractivity contribution is 7.89. The lowest BCUT2D eigenvalue weighted by molar-refractivity contribution is 0.0475. The van der Waals surface area contributed by atoms with Gasteiger partial charge in [0.05, 0.1) is 16.1 Å². The Hall–Kier alpha value is -2.65. The number of aryl methyl sites for hydroxylation is 1. The van der Waals surface area contributed by atoms with Crippen LogP contribution in [0, 0.1) is 13.8 Å². The molecule has 2 aliphatic rings. The highest BCUT2D eigenvalue weighted by Gasteiger charge is 2.29.